The lowest BCUT2D eigenvalue weighted by atomic mass is 10.1. The fourth-order valence-electron chi connectivity index (χ4n) is 2.35. The van der Waals surface area contributed by atoms with Crippen molar-refractivity contribution in [1.82, 2.24) is 20.3 Å². The molecule has 2 aromatic heterocycles. The topological polar surface area (TPSA) is 77.8 Å². The van der Waals surface area contributed by atoms with Crippen LogP contribution in [0.1, 0.15) is 11.5 Å². The number of rotatable bonds is 5. The third kappa shape index (κ3) is 3.63. The molecule has 2 heterocycles. The number of thioether (sulfide) groups is 1. The zero-order valence-corrected chi connectivity index (χ0v) is 15.3. The average Bonchev–Trinajstić information content (AvgIpc) is 3.30. The molecule has 0 radical (unpaired) electrons. The predicted molar refractivity (Wildman–Crippen MR) is 98.8 cm³/mol. The van der Waals surface area contributed by atoms with Crippen LogP contribution in [0.5, 0.6) is 0 Å². The summed E-state index contributed by atoms with van der Waals surface area (Å²) in [4.78, 5) is 4.36. The van der Waals surface area contributed by atoms with Gasteiger partial charge in [0.25, 0.3) is 5.22 Å². The quantitative estimate of drug-likeness (QED) is 0.446. The first kappa shape index (κ1) is 16.8. The molecule has 0 N–H and O–H groups in total. The molecule has 130 valence electrons. The maximum atomic E-state index is 6.15. The monoisotopic (exact) mass is 384 g/mol. The average molecular weight is 385 g/mol. The van der Waals surface area contributed by atoms with E-state index in [1.807, 2.05) is 49.4 Å². The van der Waals surface area contributed by atoms with Gasteiger partial charge in [0, 0.05) is 11.1 Å². The minimum absolute atomic E-state index is 0.424. The normalized spacial score (nSPS) is 11.0. The molecule has 0 amide bonds. The highest BCUT2D eigenvalue weighted by molar-refractivity contribution is 7.98. The minimum atomic E-state index is 0.424. The Morgan fingerprint density at radius 2 is 1.96 bits per heavy atom. The highest BCUT2D eigenvalue weighted by atomic mass is 35.5. The number of hydrogen-bond donors (Lipinski definition) is 0. The van der Waals surface area contributed by atoms with Crippen LogP contribution in [-0.4, -0.2) is 20.3 Å². The lowest BCUT2D eigenvalue weighted by Crippen LogP contribution is -1.84. The Hall–Kier alpha value is -2.64. The summed E-state index contributed by atoms with van der Waals surface area (Å²) in [7, 11) is 0. The van der Waals surface area contributed by atoms with Crippen molar-refractivity contribution < 1.29 is 8.94 Å². The Kier molecular flexibility index (Phi) is 4.73. The van der Waals surface area contributed by atoms with Crippen LogP contribution >= 0.6 is 23.4 Å². The van der Waals surface area contributed by atoms with Crippen LogP contribution in [0, 0.1) is 6.92 Å². The second-order valence-electron chi connectivity index (χ2n) is 5.52. The number of aryl methyl sites for hydroxylation is 1. The largest absolute Gasteiger partial charge is 0.411 e. The Morgan fingerprint density at radius 1 is 1.08 bits per heavy atom. The van der Waals surface area contributed by atoms with Gasteiger partial charge in [0.05, 0.1) is 10.8 Å². The lowest BCUT2D eigenvalue weighted by Gasteiger charge is -1.96. The molecule has 26 heavy (non-hydrogen) atoms. The highest BCUT2D eigenvalue weighted by Crippen LogP contribution is 2.28. The molecule has 0 saturated heterocycles. The van der Waals surface area contributed by atoms with Gasteiger partial charge in [-0.1, -0.05) is 58.3 Å². The van der Waals surface area contributed by atoms with Crippen LogP contribution < -0.4 is 0 Å². The Bertz CT molecular complexity index is 1050. The summed E-state index contributed by atoms with van der Waals surface area (Å²) in [6.45, 7) is 2.02. The van der Waals surface area contributed by atoms with E-state index < -0.39 is 0 Å². The molecular weight excluding hydrogens is 372 g/mol. The van der Waals surface area contributed by atoms with Crippen molar-refractivity contribution in [3.05, 3.63) is 65.0 Å². The van der Waals surface area contributed by atoms with Gasteiger partial charge in [-0.25, -0.2) is 0 Å². The van der Waals surface area contributed by atoms with E-state index in [1.54, 1.807) is 6.07 Å². The SMILES string of the molecule is Cc1cccc(-c2nnc(SCc3nc(-c4ccccc4Cl)no3)o2)c1. The zero-order valence-electron chi connectivity index (χ0n) is 13.7. The molecule has 0 unspecified atom stereocenters. The molecule has 0 aliphatic carbocycles. The summed E-state index contributed by atoms with van der Waals surface area (Å²) < 4.78 is 11.0. The van der Waals surface area contributed by atoms with E-state index >= 15 is 0 Å². The number of hydrogen-bond acceptors (Lipinski definition) is 7. The lowest BCUT2D eigenvalue weighted by molar-refractivity contribution is 0.391. The minimum Gasteiger partial charge on any atom is -0.411 e. The van der Waals surface area contributed by atoms with Crippen LogP contribution in [0.15, 0.2) is 62.7 Å². The van der Waals surface area contributed by atoms with Crippen molar-refractivity contribution in [1.29, 1.82) is 0 Å². The van der Waals surface area contributed by atoms with Crippen molar-refractivity contribution in [3.8, 4) is 22.8 Å². The van der Waals surface area contributed by atoms with Crippen LogP contribution in [0.25, 0.3) is 22.8 Å². The van der Waals surface area contributed by atoms with Gasteiger partial charge in [-0.3, -0.25) is 0 Å². The van der Waals surface area contributed by atoms with E-state index in [0.29, 0.717) is 33.6 Å². The number of halogens is 1. The van der Waals surface area contributed by atoms with Gasteiger partial charge in [0.2, 0.25) is 17.6 Å². The Morgan fingerprint density at radius 3 is 2.81 bits per heavy atom. The molecule has 4 rings (SSSR count). The number of aromatic nitrogens is 4. The summed E-state index contributed by atoms with van der Waals surface area (Å²) in [6.07, 6.45) is 0. The molecule has 8 heteroatoms. The second-order valence-corrected chi connectivity index (χ2v) is 6.86. The zero-order chi connectivity index (χ0) is 17.9. The van der Waals surface area contributed by atoms with Gasteiger partial charge in [0.1, 0.15) is 0 Å². The molecule has 0 spiro atoms. The first-order valence-electron chi connectivity index (χ1n) is 7.80. The number of nitrogens with zero attached hydrogens (tertiary/aromatic N) is 4. The molecule has 0 atom stereocenters. The fourth-order valence-corrected chi connectivity index (χ4v) is 3.17. The van der Waals surface area contributed by atoms with Crippen LogP contribution in [-0.2, 0) is 5.75 Å². The van der Waals surface area contributed by atoms with Crippen LogP contribution in [0.2, 0.25) is 5.02 Å². The molecule has 2 aromatic carbocycles. The summed E-state index contributed by atoms with van der Waals surface area (Å²) >= 11 is 7.49. The molecule has 6 nitrogen and oxygen atoms in total. The maximum absolute atomic E-state index is 6.15. The fraction of sp³-hybridized carbons (Fsp3) is 0.111. The van der Waals surface area contributed by atoms with Gasteiger partial charge in [-0.2, -0.15) is 4.98 Å². The van der Waals surface area contributed by atoms with Gasteiger partial charge in [-0.15, -0.1) is 10.2 Å². The highest BCUT2D eigenvalue weighted by Gasteiger charge is 2.14. The first-order valence-corrected chi connectivity index (χ1v) is 9.16. The van der Waals surface area contributed by atoms with Gasteiger partial charge in [-0.05, 0) is 31.2 Å². The number of benzene rings is 2. The molecule has 4 aromatic rings. The van der Waals surface area contributed by atoms with Gasteiger partial charge in [0.15, 0.2) is 0 Å². The first-order chi connectivity index (χ1) is 12.7. The van der Waals surface area contributed by atoms with E-state index in [4.69, 9.17) is 20.5 Å². The molecule has 0 aliphatic heterocycles. The van der Waals surface area contributed by atoms with E-state index in [9.17, 15) is 0 Å². The van der Waals surface area contributed by atoms with E-state index in [-0.39, 0.29) is 0 Å². The van der Waals surface area contributed by atoms with Gasteiger partial charge >= 0.3 is 0 Å². The van der Waals surface area contributed by atoms with Gasteiger partial charge < -0.3 is 8.94 Å². The van der Waals surface area contributed by atoms with Crippen LogP contribution in [0.4, 0.5) is 0 Å². The summed E-state index contributed by atoms with van der Waals surface area (Å²) in [5.41, 5.74) is 2.75. The molecule has 0 bridgehead atoms. The maximum Gasteiger partial charge on any atom is 0.277 e. The van der Waals surface area contributed by atoms with Crippen molar-refractivity contribution >= 4 is 23.4 Å². The van der Waals surface area contributed by atoms with Crippen LogP contribution in [0.3, 0.4) is 0 Å². The van der Waals surface area contributed by atoms with Crippen molar-refractivity contribution in [3.63, 3.8) is 0 Å². The van der Waals surface area contributed by atoms with E-state index in [0.717, 1.165) is 16.7 Å². The predicted octanol–water partition coefficient (Wildman–Crippen LogP) is 5.04. The molecule has 0 aliphatic rings. The molecular formula is C18H13ClN4O2S. The smallest absolute Gasteiger partial charge is 0.277 e. The Balaban J connectivity index is 1.45. The third-order valence-electron chi connectivity index (χ3n) is 3.57. The van der Waals surface area contributed by atoms with Crippen molar-refractivity contribution in [2.24, 2.45) is 0 Å². The molecule has 0 saturated carbocycles. The summed E-state index contributed by atoms with van der Waals surface area (Å²) in [5, 5.41) is 13.1. The summed E-state index contributed by atoms with van der Waals surface area (Å²) in [5.74, 6) is 1.82. The van der Waals surface area contributed by atoms with E-state index in [2.05, 4.69) is 20.3 Å². The molecule has 0 fully saturated rings. The van der Waals surface area contributed by atoms with Crippen molar-refractivity contribution in [2.45, 2.75) is 17.9 Å². The Labute approximate surface area is 158 Å². The van der Waals surface area contributed by atoms with Crippen molar-refractivity contribution in [2.75, 3.05) is 0 Å². The standard InChI is InChI=1S/C18H13ClN4O2S/c1-11-5-4-6-12(9-11)17-21-22-18(24-17)26-10-15-20-16(23-25-15)13-7-2-3-8-14(13)19/h2-9H,10H2,1H3. The van der Waals surface area contributed by atoms with E-state index in [1.165, 1.54) is 11.8 Å². The third-order valence-corrected chi connectivity index (χ3v) is 4.71. The second kappa shape index (κ2) is 7.31. The summed E-state index contributed by atoms with van der Waals surface area (Å²) in [6, 6.07) is 15.3.